The van der Waals surface area contributed by atoms with E-state index in [9.17, 15) is 24.9 Å². The van der Waals surface area contributed by atoms with Gasteiger partial charge in [0.2, 0.25) is 0 Å². The van der Waals surface area contributed by atoms with Gasteiger partial charge in [-0.05, 0) is 92.9 Å². The zero-order chi connectivity index (χ0) is 35.5. The highest BCUT2D eigenvalue weighted by atomic mass is 35.5. The number of carboxylic acids is 1. The van der Waals surface area contributed by atoms with E-state index in [2.05, 4.69) is 32.1 Å². The molecule has 0 aliphatic heterocycles. The van der Waals surface area contributed by atoms with Gasteiger partial charge in [-0.2, -0.15) is 0 Å². The Balaban J connectivity index is 1.33. The molecule has 0 amide bonds. The molecule has 0 spiro atoms. The Morgan fingerprint density at radius 2 is 1.73 bits per heavy atom. The van der Waals surface area contributed by atoms with Gasteiger partial charge in [-0.25, -0.2) is 4.79 Å². The van der Waals surface area contributed by atoms with Crippen LogP contribution in [0.3, 0.4) is 0 Å². The first kappa shape index (κ1) is 41.1. The van der Waals surface area contributed by atoms with E-state index in [-0.39, 0.29) is 53.3 Å². The van der Waals surface area contributed by atoms with E-state index in [1.807, 2.05) is 6.08 Å². The smallest absolute Gasteiger partial charge is 0.335 e. The summed E-state index contributed by atoms with van der Waals surface area (Å²) < 4.78 is 11.3. The summed E-state index contributed by atoms with van der Waals surface area (Å²) in [5.74, 6) is -0.572. The SMILES string of the molecule is CCCCCCCCCCOc1ccc(C(=O)O)c(CCOC(=O)CCC/C=C\C[C@@H]2[C@@H](/C=C/C[C@H](O)C3(CC)CCC3)[C@H](O)C[C@H]2Cl)c1. The maximum absolute atomic E-state index is 12.4. The van der Waals surface area contributed by atoms with Crippen molar-refractivity contribution in [2.45, 2.75) is 153 Å². The topological polar surface area (TPSA) is 113 Å². The Kier molecular flexibility index (Phi) is 18.8. The van der Waals surface area contributed by atoms with Crippen LogP contribution in [0.1, 0.15) is 145 Å². The largest absolute Gasteiger partial charge is 0.494 e. The molecule has 0 bridgehead atoms. The summed E-state index contributed by atoms with van der Waals surface area (Å²) in [6, 6.07) is 5.01. The number of allylic oxidation sites excluding steroid dienone is 2. The number of carboxylic acid groups (broad SMARTS) is 1. The van der Waals surface area contributed by atoms with E-state index in [1.165, 1.54) is 44.9 Å². The first-order chi connectivity index (χ1) is 23.7. The molecule has 0 saturated heterocycles. The minimum Gasteiger partial charge on any atom is -0.494 e. The maximum Gasteiger partial charge on any atom is 0.335 e. The van der Waals surface area contributed by atoms with Crippen molar-refractivity contribution >= 4 is 23.5 Å². The molecule has 2 fully saturated rings. The van der Waals surface area contributed by atoms with Crippen LogP contribution in [0.2, 0.25) is 0 Å². The highest BCUT2D eigenvalue weighted by molar-refractivity contribution is 6.21. The van der Waals surface area contributed by atoms with Gasteiger partial charge in [0.05, 0.1) is 31.0 Å². The molecule has 0 aromatic heterocycles. The summed E-state index contributed by atoms with van der Waals surface area (Å²) in [4.78, 5) is 24.1. The number of hydrogen-bond donors (Lipinski definition) is 3. The van der Waals surface area contributed by atoms with Gasteiger partial charge >= 0.3 is 11.9 Å². The number of carbonyl (C=O) groups is 2. The Morgan fingerprint density at radius 3 is 2.41 bits per heavy atom. The molecule has 3 N–H and O–H groups in total. The van der Waals surface area contributed by atoms with Gasteiger partial charge in [-0.3, -0.25) is 4.79 Å². The predicted molar refractivity (Wildman–Crippen MR) is 197 cm³/mol. The number of benzene rings is 1. The van der Waals surface area contributed by atoms with Crippen LogP contribution < -0.4 is 4.74 Å². The summed E-state index contributed by atoms with van der Waals surface area (Å²) in [6.45, 7) is 5.10. The van der Waals surface area contributed by atoms with Crippen LogP contribution in [0.25, 0.3) is 0 Å². The number of aromatic carboxylic acids is 1. The molecular weight excluding hydrogens is 640 g/mol. The van der Waals surface area contributed by atoms with Crippen molar-refractivity contribution < 1.29 is 34.4 Å². The number of halogens is 1. The molecule has 2 saturated carbocycles. The summed E-state index contributed by atoms with van der Waals surface area (Å²) in [7, 11) is 0. The lowest BCUT2D eigenvalue weighted by Gasteiger charge is -2.45. The van der Waals surface area contributed by atoms with Crippen molar-refractivity contribution in [2.24, 2.45) is 17.3 Å². The molecule has 2 aliphatic carbocycles. The number of ether oxygens (including phenoxy) is 2. The van der Waals surface area contributed by atoms with Crippen LogP contribution in [0.4, 0.5) is 0 Å². The van der Waals surface area contributed by atoms with Gasteiger partial charge in [-0.15, -0.1) is 11.6 Å². The monoisotopic (exact) mass is 702 g/mol. The van der Waals surface area contributed by atoms with Crippen LogP contribution >= 0.6 is 11.6 Å². The molecule has 5 atom stereocenters. The van der Waals surface area contributed by atoms with Gasteiger partial charge in [0.1, 0.15) is 5.75 Å². The lowest BCUT2D eigenvalue weighted by Crippen LogP contribution is -2.40. The zero-order valence-electron chi connectivity index (χ0n) is 30.1. The van der Waals surface area contributed by atoms with Crippen molar-refractivity contribution in [3.63, 3.8) is 0 Å². The number of aliphatic hydroxyl groups is 2. The summed E-state index contributed by atoms with van der Waals surface area (Å²) in [6.07, 6.45) is 25.5. The average molecular weight is 703 g/mol. The second-order valence-corrected chi connectivity index (χ2v) is 14.9. The van der Waals surface area contributed by atoms with Gasteiger partial charge in [0.25, 0.3) is 0 Å². The predicted octanol–water partition coefficient (Wildman–Crippen LogP) is 9.60. The van der Waals surface area contributed by atoms with E-state index in [1.54, 1.807) is 18.2 Å². The number of hydrogen-bond acceptors (Lipinski definition) is 6. The fourth-order valence-corrected chi connectivity index (χ4v) is 7.87. The normalized spacial score (nSPS) is 22.4. The number of rotatable bonds is 25. The minimum atomic E-state index is -1.01. The first-order valence-corrected chi connectivity index (χ1v) is 19.6. The second-order valence-electron chi connectivity index (χ2n) is 14.3. The summed E-state index contributed by atoms with van der Waals surface area (Å²) in [5, 5.41) is 30.9. The molecule has 1 aromatic rings. The maximum atomic E-state index is 12.4. The van der Waals surface area contributed by atoms with Gasteiger partial charge in [0.15, 0.2) is 0 Å². The van der Waals surface area contributed by atoms with Crippen molar-refractivity contribution in [3.05, 3.63) is 53.6 Å². The van der Waals surface area contributed by atoms with E-state index in [4.69, 9.17) is 21.1 Å². The van der Waals surface area contributed by atoms with Gasteiger partial charge in [-0.1, -0.05) is 89.5 Å². The van der Waals surface area contributed by atoms with Crippen LogP contribution in [0.5, 0.6) is 5.75 Å². The fourth-order valence-electron chi connectivity index (χ4n) is 7.42. The van der Waals surface area contributed by atoms with Crippen LogP contribution in [0.15, 0.2) is 42.5 Å². The Hall–Kier alpha value is -2.35. The average Bonchev–Trinajstić information content (AvgIpc) is 3.32. The highest BCUT2D eigenvalue weighted by Gasteiger charge is 2.42. The zero-order valence-corrected chi connectivity index (χ0v) is 30.9. The highest BCUT2D eigenvalue weighted by Crippen LogP contribution is 2.48. The van der Waals surface area contributed by atoms with Gasteiger partial charge < -0.3 is 24.8 Å². The number of esters is 1. The summed E-state index contributed by atoms with van der Waals surface area (Å²) >= 11 is 6.62. The van der Waals surface area contributed by atoms with Crippen molar-refractivity contribution in [1.29, 1.82) is 0 Å². The molecule has 2 aliphatic rings. The van der Waals surface area contributed by atoms with Crippen LogP contribution in [0, 0.1) is 17.3 Å². The van der Waals surface area contributed by atoms with E-state index < -0.39 is 12.1 Å². The molecule has 0 unspecified atom stereocenters. The Morgan fingerprint density at radius 1 is 1.00 bits per heavy atom. The van der Waals surface area contributed by atoms with E-state index in [0.29, 0.717) is 43.6 Å². The molecule has 276 valence electrons. The van der Waals surface area contributed by atoms with Crippen LogP contribution in [-0.4, -0.2) is 58.1 Å². The van der Waals surface area contributed by atoms with Crippen LogP contribution in [-0.2, 0) is 16.0 Å². The van der Waals surface area contributed by atoms with Gasteiger partial charge in [0, 0.05) is 24.1 Å². The minimum absolute atomic E-state index is 0.0305. The molecule has 7 nitrogen and oxygen atoms in total. The third-order valence-corrected chi connectivity index (χ3v) is 11.4. The number of alkyl halides is 1. The molecule has 0 radical (unpaired) electrons. The molecular formula is C41H63ClO7. The summed E-state index contributed by atoms with van der Waals surface area (Å²) in [5.41, 5.74) is 0.863. The number of aliphatic hydroxyl groups excluding tert-OH is 2. The van der Waals surface area contributed by atoms with E-state index in [0.717, 1.165) is 44.9 Å². The lowest BCUT2D eigenvalue weighted by atomic mass is 9.63. The molecule has 49 heavy (non-hydrogen) atoms. The second kappa shape index (κ2) is 22.5. The van der Waals surface area contributed by atoms with Crippen molar-refractivity contribution in [1.82, 2.24) is 0 Å². The number of unbranched alkanes of at least 4 members (excludes halogenated alkanes) is 8. The van der Waals surface area contributed by atoms with Crippen molar-refractivity contribution in [3.8, 4) is 5.75 Å². The third-order valence-electron chi connectivity index (χ3n) is 10.9. The lowest BCUT2D eigenvalue weighted by molar-refractivity contribution is -0.143. The molecule has 0 heterocycles. The Labute approximate surface area is 300 Å². The number of carbonyl (C=O) groups excluding carboxylic acids is 1. The molecule has 3 rings (SSSR count). The first-order valence-electron chi connectivity index (χ1n) is 19.2. The standard InChI is InChI=1S/C41H63ClO7/c1-3-5-6-7-8-9-12-15-27-48-32-22-23-33(40(46)47)31(29-32)24-28-49-39(45)21-14-11-10-13-18-34-35(37(43)30-36(34)42)19-16-20-38(44)41(4-2)25-17-26-41/h10,13,16,19,22-23,29,34-38,43-44H,3-9,11-12,14-15,17-18,20-21,24-28,30H2,1-2H3,(H,46,47)/b13-10-,19-16+/t34-,35-,36-,37-,38+/m1/s1. The molecule has 8 heteroatoms. The van der Waals surface area contributed by atoms with E-state index >= 15 is 0 Å². The quantitative estimate of drug-likeness (QED) is 0.0402. The molecule has 1 aromatic carbocycles. The Bertz CT molecular complexity index is 1170. The third kappa shape index (κ3) is 13.7. The van der Waals surface area contributed by atoms with Crippen molar-refractivity contribution in [2.75, 3.05) is 13.2 Å². The fraction of sp³-hybridized carbons (Fsp3) is 0.707.